The average molecular weight is 421 g/mol. The van der Waals surface area contributed by atoms with E-state index in [1.807, 2.05) is 30.5 Å². The smallest absolute Gasteiger partial charge is 0.225 e. The Morgan fingerprint density at radius 3 is 2.73 bits per heavy atom. The summed E-state index contributed by atoms with van der Waals surface area (Å²) in [5.74, 6) is 3.19. The number of halogens is 1. The number of thiophene rings is 1. The van der Waals surface area contributed by atoms with Crippen LogP contribution in [0.15, 0.2) is 47.8 Å². The third kappa shape index (κ3) is 3.89. The van der Waals surface area contributed by atoms with Gasteiger partial charge in [-0.3, -0.25) is 4.79 Å². The van der Waals surface area contributed by atoms with Crippen molar-refractivity contribution in [3.63, 3.8) is 0 Å². The van der Waals surface area contributed by atoms with Gasteiger partial charge in [0.15, 0.2) is 11.5 Å². The van der Waals surface area contributed by atoms with Crippen molar-refractivity contribution in [2.75, 3.05) is 18.5 Å². The summed E-state index contributed by atoms with van der Waals surface area (Å²) >= 11 is 1.59. The van der Waals surface area contributed by atoms with Gasteiger partial charge in [-0.2, -0.15) is 0 Å². The molecule has 0 radical (unpaired) electrons. The summed E-state index contributed by atoms with van der Waals surface area (Å²) in [6, 6.07) is 12.0. The Bertz CT molecular complexity index is 1110. The van der Waals surface area contributed by atoms with Crippen molar-refractivity contribution in [1.82, 2.24) is 0 Å². The molecule has 1 atom stereocenters. The molecule has 1 aliphatic rings. The lowest BCUT2D eigenvalue weighted by Gasteiger charge is -2.24. The Labute approximate surface area is 178 Å². The fourth-order valence-corrected chi connectivity index (χ4v) is 4.75. The van der Waals surface area contributed by atoms with Gasteiger partial charge in [0.25, 0.3) is 0 Å². The number of benzene rings is 2. The lowest BCUT2D eigenvalue weighted by Crippen LogP contribution is -2.22. The number of fused-ring (bicyclic) bond motifs is 1. The number of nitrogens with one attached hydrogen (secondary N) is 1. The standard InChI is InChI=1S/C24H20FNO3S/c1-3-11-29-20-10-7-16(12-21(20)28-4-2)18-13-22(27)26-23-19(14-30-24(18)23)15-5-8-17(25)9-6-15/h1,5-10,12,14,18H,4,11,13H2,2H3,(H,26,27)/t18-/m0/s1. The molecule has 0 spiro atoms. The lowest BCUT2D eigenvalue weighted by atomic mass is 9.89. The van der Waals surface area contributed by atoms with Crippen LogP contribution in [-0.2, 0) is 4.79 Å². The molecule has 2 heterocycles. The van der Waals surface area contributed by atoms with E-state index >= 15 is 0 Å². The summed E-state index contributed by atoms with van der Waals surface area (Å²) in [7, 11) is 0. The van der Waals surface area contributed by atoms with Crippen molar-refractivity contribution >= 4 is 22.9 Å². The molecule has 0 bridgehead atoms. The quantitative estimate of drug-likeness (QED) is 0.539. The minimum Gasteiger partial charge on any atom is -0.490 e. The Morgan fingerprint density at radius 2 is 2.00 bits per heavy atom. The molecule has 6 heteroatoms. The number of terminal acetylenes is 1. The van der Waals surface area contributed by atoms with Crippen LogP contribution in [0.2, 0.25) is 0 Å². The van der Waals surface area contributed by atoms with E-state index in [2.05, 4.69) is 11.2 Å². The first kappa shape index (κ1) is 20.0. The zero-order valence-electron chi connectivity index (χ0n) is 16.4. The number of carbonyl (C=O) groups is 1. The summed E-state index contributed by atoms with van der Waals surface area (Å²) in [6.45, 7) is 2.54. The average Bonchev–Trinajstić information content (AvgIpc) is 3.16. The Kier molecular flexibility index (Phi) is 5.73. The molecule has 1 aromatic heterocycles. The number of rotatable bonds is 6. The molecule has 0 aliphatic carbocycles. The van der Waals surface area contributed by atoms with Crippen LogP contribution in [0.1, 0.15) is 29.7 Å². The lowest BCUT2D eigenvalue weighted by molar-refractivity contribution is -0.116. The third-order valence-corrected chi connectivity index (χ3v) is 6.02. The zero-order valence-corrected chi connectivity index (χ0v) is 17.2. The monoisotopic (exact) mass is 421 g/mol. The number of hydrogen-bond acceptors (Lipinski definition) is 4. The van der Waals surface area contributed by atoms with E-state index in [1.54, 1.807) is 23.5 Å². The SMILES string of the molecule is C#CCOc1ccc([C@@H]2CC(=O)Nc3c(-c4ccc(F)cc4)csc32)cc1OCC. The normalized spacial score (nSPS) is 15.1. The van der Waals surface area contributed by atoms with E-state index in [0.29, 0.717) is 24.5 Å². The molecule has 152 valence electrons. The summed E-state index contributed by atoms with van der Waals surface area (Å²) in [5, 5.41) is 5.00. The molecule has 4 rings (SSSR count). The molecular weight excluding hydrogens is 401 g/mol. The van der Waals surface area contributed by atoms with Crippen molar-refractivity contribution in [1.29, 1.82) is 0 Å². The van der Waals surface area contributed by atoms with E-state index in [4.69, 9.17) is 15.9 Å². The van der Waals surface area contributed by atoms with E-state index in [-0.39, 0.29) is 24.2 Å². The minimum atomic E-state index is -0.291. The van der Waals surface area contributed by atoms with Crippen molar-refractivity contribution in [3.05, 3.63) is 64.1 Å². The molecule has 30 heavy (non-hydrogen) atoms. The highest BCUT2D eigenvalue weighted by atomic mass is 32.1. The first-order valence-electron chi connectivity index (χ1n) is 9.61. The number of amides is 1. The highest BCUT2D eigenvalue weighted by Crippen LogP contribution is 2.47. The van der Waals surface area contributed by atoms with Crippen LogP contribution in [0.25, 0.3) is 11.1 Å². The fraction of sp³-hybridized carbons (Fsp3) is 0.208. The first-order valence-corrected chi connectivity index (χ1v) is 10.5. The molecule has 0 saturated heterocycles. The van der Waals surface area contributed by atoms with Gasteiger partial charge in [-0.05, 0) is 42.3 Å². The van der Waals surface area contributed by atoms with Crippen LogP contribution in [0.4, 0.5) is 10.1 Å². The van der Waals surface area contributed by atoms with Gasteiger partial charge in [-0.1, -0.05) is 24.1 Å². The predicted molar refractivity (Wildman–Crippen MR) is 117 cm³/mol. The number of ether oxygens (including phenoxy) is 2. The van der Waals surface area contributed by atoms with Crippen molar-refractivity contribution in [3.8, 4) is 35.0 Å². The minimum absolute atomic E-state index is 0.0557. The van der Waals surface area contributed by atoms with E-state index < -0.39 is 0 Å². The summed E-state index contributed by atoms with van der Waals surface area (Å²) in [5.41, 5.74) is 3.52. The van der Waals surface area contributed by atoms with E-state index in [9.17, 15) is 9.18 Å². The van der Waals surface area contributed by atoms with Crippen LogP contribution >= 0.6 is 11.3 Å². The van der Waals surface area contributed by atoms with Crippen molar-refractivity contribution in [2.24, 2.45) is 0 Å². The molecule has 1 N–H and O–H groups in total. The maximum absolute atomic E-state index is 13.3. The van der Waals surface area contributed by atoms with Gasteiger partial charge in [0.05, 0.1) is 12.3 Å². The van der Waals surface area contributed by atoms with Gasteiger partial charge in [-0.15, -0.1) is 17.8 Å². The van der Waals surface area contributed by atoms with Crippen molar-refractivity contribution < 1.29 is 18.7 Å². The van der Waals surface area contributed by atoms with Crippen molar-refractivity contribution in [2.45, 2.75) is 19.3 Å². The third-order valence-electron chi connectivity index (χ3n) is 4.93. The molecule has 1 amide bonds. The van der Waals surface area contributed by atoms with Gasteiger partial charge < -0.3 is 14.8 Å². The molecular formula is C24H20FNO3S. The molecule has 1 aliphatic heterocycles. The fourth-order valence-electron chi connectivity index (χ4n) is 3.59. The molecule has 2 aromatic carbocycles. The van der Waals surface area contributed by atoms with Crippen LogP contribution in [0.3, 0.4) is 0 Å². The Hall–Kier alpha value is -3.30. The largest absolute Gasteiger partial charge is 0.490 e. The molecule has 0 saturated carbocycles. The summed E-state index contributed by atoms with van der Waals surface area (Å²) in [6.07, 6.45) is 5.63. The van der Waals surface area contributed by atoms with Gasteiger partial charge in [0.1, 0.15) is 12.4 Å². The highest BCUT2D eigenvalue weighted by molar-refractivity contribution is 7.11. The molecule has 4 nitrogen and oxygen atoms in total. The van der Waals surface area contributed by atoms with Gasteiger partial charge in [0, 0.05) is 28.2 Å². The second kappa shape index (κ2) is 8.60. The summed E-state index contributed by atoms with van der Waals surface area (Å²) in [4.78, 5) is 13.6. The molecule has 3 aromatic rings. The molecule has 0 unspecified atom stereocenters. The van der Waals surface area contributed by atoms with Crippen LogP contribution in [-0.4, -0.2) is 19.1 Å². The number of anilines is 1. The topological polar surface area (TPSA) is 47.6 Å². The first-order chi connectivity index (χ1) is 14.6. The van der Waals surface area contributed by atoms with Crippen LogP contribution in [0.5, 0.6) is 11.5 Å². The van der Waals surface area contributed by atoms with E-state index in [1.165, 1.54) is 12.1 Å². The van der Waals surface area contributed by atoms with Crippen LogP contribution < -0.4 is 14.8 Å². The maximum atomic E-state index is 13.3. The molecule has 0 fully saturated rings. The van der Waals surface area contributed by atoms with E-state index in [0.717, 1.165) is 27.3 Å². The van der Waals surface area contributed by atoms with Gasteiger partial charge in [0.2, 0.25) is 5.91 Å². The predicted octanol–water partition coefficient (Wildman–Crippen LogP) is 5.44. The Balaban J connectivity index is 1.73. The second-order valence-corrected chi connectivity index (χ2v) is 7.74. The zero-order chi connectivity index (χ0) is 21.1. The highest BCUT2D eigenvalue weighted by Gasteiger charge is 2.31. The van der Waals surface area contributed by atoms with Gasteiger partial charge in [-0.25, -0.2) is 4.39 Å². The second-order valence-electron chi connectivity index (χ2n) is 6.83. The number of hydrogen-bond donors (Lipinski definition) is 1. The summed E-state index contributed by atoms with van der Waals surface area (Å²) < 4.78 is 24.6. The Morgan fingerprint density at radius 1 is 1.20 bits per heavy atom. The maximum Gasteiger partial charge on any atom is 0.225 e. The number of carbonyl (C=O) groups excluding carboxylic acids is 1. The van der Waals surface area contributed by atoms with Gasteiger partial charge >= 0.3 is 0 Å². The van der Waals surface area contributed by atoms with Crippen LogP contribution in [0, 0.1) is 18.2 Å².